The number of amidine groups is 1. The molecule has 0 radical (unpaired) electrons. The first-order chi connectivity index (χ1) is 7.39. The highest BCUT2D eigenvalue weighted by Gasteiger charge is 2.33. The maximum Gasteiger partial charge on any atom is 0.448 e. The Labute approximate surface area is 89.7 Å². The largest absolute Gasteiger partial charge is 0.504 e. The van der Waals surface area contributed by atoms with Gasteiger partial charge in [-0.15, -0.1) is 0 Å². The highest BCUT2D eigenvalue weighted by atomic mass is 19.4. The van der Waals surface area contributed by atoms with Gasteiger partial charge >= 0.3 is 6.18 Å². The van der Waals surface area contributed by atoms with Crippen LogP contribution in [0.1, 0.15) is 0 Å². The first-order valence-corrected chi connectivity index (χ1v) is 4.26. The maximum absolute atomic E-state index is 11.9. The summed E-state index contributed by atoms with van der Waals surface area (Å²) in [7, 11) is 0. The molecule has 6 heteroatoms. The van der Waals surface area contributed by atoms with Crippen LogP contribution in [0.4, 0.5) is 18.9 Å². The molecule has 0 heterocycles. The third kappa shape index (κ3) is 3.64. The van der Waals surface area contributed by atoms with Crippen LogP contribution in [0, 0.1) is 0 Å². The van der Waals surface area contributed by atoms with E-state index < -0.39 is 17.8 Å². The Balaban J connectivity index is 2.88. The number of aliphatic hydroxyl groups is 1. The zero-order valence-electron chi connectivity index (χ0n) is 8.07. The van der Waals surface area contributed by atoms with E-state index in [0.29, 0.717) is 11.8 Å². The van der Waals surface area contributed by atoms with Crippen molar-refractivity contribution in [3.63, 3.8) is 0 Å². The van der Waals surface area contributed by atoms with Crippen molar-refractivity contribution in [1.29, 1.82) is 0 Å². The Morgan fingerprint density at radius 1 is 1.25 bits per heavy atom. The summed E-state index contributed by atoms with van der Waals surface area (Å²) in [6.45, 7) is 0. The van der Waals surface area contributed by atoms with E-state index in [0.717, 1.165) is 0 Å². The Morgan fingerprint density at radius 3 is 2.31 bits per heavy atom. The number of aliphatic imine (C=N–C) groups is 1. The molecule has 3 nitrogen and oxygen atoms in total. The fourth-order valence-corrected chi connectivity index (χ4v) is 0.906. The summed E-state index contributed by atoms with van der Waals surface area (Å²) in [4.78, 5) is 3.67. The second-order valence-corrected chi connectivity index (χ2v) is 2.90. The Hall–Kier alpha value is -1.98. The molecule has 86 valence electrons. The highest BCUT2D eigenvalue weighted by Crippen LogP contribution is 2.22. The molecule has 0 bridgehead atoms. The van der Waals surface area contributed by atoms with Crippen LogP contribution in [0.5, 0.6) is 0 Å². The molecule has 16 heavy (non-hydrogen) atoms. The maximum atomic E-state index is 11.9. The summed E-state index contributed by atoms with van der Waals surface area (Å²) < 4.78 is 35.8. The van der Waals surface area contributed by atoms with Crippen molar-refractivity contribution in [2.45, 2.75) is 6.18 Å². The second kappa shape index (κ2) is 4.69. The average molecular weight is 230 g/mol. The van der Waals surface area contributed by atoms with Crippen LogP contribution in [0.15, 0.2) is 47.2 Å². The zero-order chi connectivity index (χ0) is 12.2. The van der Waals surface area contributed by atoms with Crippen molar-refractivity contribution in [3.05, 3.63) is 42.2 Å². The van der Waals surface area contributed by atoms with Gasteiger partial charge in [-0.1, -0.05) is 18.2 Å². The number of hydrogen-bond acceptors (Lipinski definition) is 2. The fraction of sp³-hybridized carbons (Fsp3) is 0.100. The number of rotatable bonds is 2. The van der Waals surface area contributed by atoms with E-state index in [-0.39, 0.29) is 0 Å². The van der Waals surface area contributed by atoms with E-state index in [1.165, 1.54) is 0 Å². The predicted molar refractivity (Wildman–Crippen MR) is 54.5 cm³/mol. The molecular weight excluding hydrogens is 221 g/mol. The molecule has 0 unspecified atom stereocenters. The molecule has 0 amide bonds. The van der Waals surface area contributed by atoms with Crippen molar-refractivity contribution in [2.24, 2.45) is 10.7 Å². The molecule has 1 rings (SSSR count). The normalized spacial score (nSPS) is 13.9. The molecule has 0 aliphatic heterocycles. The summed E-state index contributed by atoms with van der Waals surface area (Å²) in [6, 6.07) is 8.22. The van der Waals surface area contributed by atoms with Crippen molar-refractivity contribution in [1.82, 2.24) is 0 Å². The number of benzene rings is 1. The van der Waals surface area contributed by atoms with Crippen molar-refractivity contribution in [2.75, 3.05) is 0 Å². The number of aliphatic hydroxyl groups excluding tert-OH is 1. The van der Waals surface area contributed by atoms with Crippen LogP contribution in [0.25, 0.3) is 0 Å². The van der Waals surface area contributed by atoms with E-state index in [1.54, 1.807) is 30.3 Å². The molecular formula is C10H9F3N2O. The van der Waals surface area contributed by atoms with Gasteiger partial charge in [-0.05, 0) is 12.1 Å². The molecule has 0 spiro atoms. The Bertz CT molecular complexity index is 410. The third-order valence-electron chi connectivity index (χ3n) is 1.59. The van der Waals surface area contributed by atoms with Gasteiger partial charge in [0.15, 0.2) is 0 Å². The number of para-hydroxylation sites is 1. The number of alkyl halides is 3. The van der Waals surface area contributed by atoms with Crippen molar-refractivity contribution < 1.29 is 18.3 Å². The van der Waals surface area contributed by atoms with E-state index in [1.807, 2.05) is 0 Å². The monoisotopic (exact) mass is 230 g/mol. The van der Waals surface area contributed by atoms with Gasteiger partial charge < -0.3 is 10.8 Å². The first kappa shape index (κ1) is 12.1. The lowest BCUT2D eigenvalue weighted by molar-refractivity contribution is -0.120. The van der Waals surface area contributed by atoms with Gasteiger partial charge in [0.05, 0.1) is 5.69 Å². The Morgan fingerprint density at radius 2 is 1.81 bits per heavy atom. The van der Waals surface area contributed by atoms with Gasteiger partial charge in [0.2, 0.25) is 5.76 Å². The molecule has 0 aliphatic carbocycles. The minimum Gasteiger partial charge on any atom is -0.504 e. The van der Waals surface area contributed by atoms with Crippen molar-refractivity contribution >= 4 is 11.5 Å². The summed E-state index contributed by atoms with van der Waals surface area (Å²) in [5.74, 6) is -2.19. The van der Waals surface area contributed by atoms with Crippen LogP contribution < -0.4 is 5.73 Å². The summed E-state index contributed by atoms with van der Waals surface area (Å²) in [5.41, 5.74) is 5.63. The topological polar surface area (TPSA) is 58.6 Å². The highest BCUT2D eigenvalue weighted by molar-refractivity contribution is 5.93. The zero-order valence-corrected chi connectivity index (χ0v) is 8.07. The van der Waals surface area contributed by atoms with Crippen LogP contribution in [0.2, 0.25) is 0 Å². The van der Waals surface area contributed by atoms with E-state index in [4.69, 9.17) is 10.8 Å². The molecule has 1 aromatic carbocycles. The van der Waals surface area contributed by atoms with Crippen LogP contribution in [0.3, 0.4) is 0 Å². The van der Waals surface area contributed by atoms with Gasteiger partial charge in [-0.3, -0.25) is 0 Å². The second-order valence-electron chi connectivity index (χ2n) is 2.90. The lowest BCUT2D eigenvalue weighted by Gasteiger charge is -2.03. The fourth-order valence-electron chi connectivity index (χ4n) is 0.906. The lowest BCUT2D eigenvalue weighted by Crippen LogP contribution is -2.16. The van der Waals surface area contributed by atoms with Gasteiger partial charge in [0.1, 0.15) is 5.84 Å². The van der Waals surface area contributed by atoms with Crippen LogP contribution in [-0.4, -0.2) is 17.1 Å². The minimum absolute atomic E-state index is 0.368. The summed E-state index contributed by atoms with van der Waals surface area (Å²) in [5, 5.41) is 8.61. The molecule has 0 saturated carbocycles. The Kier molecular flexibility index (Phi) is 3.55. The molecule has 0 aliphatic rings. The summed E-state index contributed by atoms with van der Waals surface area (Å²) >= 11 is 0. The van der Waals surface area contributed by atoms with Crippen molar-refractivity contribution in [3.8, 4) is 0 Å². The smallest absolute Gasteiger partial charge is 0.448 e. The molecule has 0 aromatic heterocycles. The van der Waals surface area contributed by atoms with E-state index in [2.05, 4.69) is 4.99 Å². The standard InChI is InChI=1S/C10H9F3N2O/c11-10(12,13)8(16)6-9(14)15-7-4-2-1-3-5-7/h1-6,16H,(H2,14,15)/b8-6-. The van der Waals surface area contributed by atoms with Gasteiger partial charge in [0, 0.05) is 6.08 Å². The van der Waals surface area contributed by atoms with Crippen LogP contribution in [-0.2, 0) is 0 Å². The minimum atomic E-state index is -4.81. The van der Waals surface area contributed by atoms with Gasteiger partial charge in [-0.2, -0.15) is 13.2 Å². The number of nitrogens with zero attached hydrogens (tertiary/aromatic N) is 1. The average Bonchev–Trinajstić information content (AvgIpc) is 2.17. The quantitative estimate of drug-likeness (QED) is 0.466. The van der Waals surface area contributed by atoms with Gasteiger partial charge in [0.25, 0.3) is 0 Å². The summed E-state index contributed by atoms with van der Waals surface area (Å²) in [6.07, 6.45) is -4.44. The molecule has 1 aromatic rings. The molecule has 0 atom stereocenters. The van der Waals surface area contributed by atoms with E-state index in [9.17, 15) is 13.2 Å². The van der Waals surface area contributed by atoms with Gasteiger partial charge in [-0.25, -0.2) is 4.99 Å². The van der Waals surface area contributed by atoms with E-state index >= 15 is 0 Å². The molecule has 0 saturated heterocycles. The number of allylic oxidation sites excluding steroid dienone is 1. The lowest BCUT2D eigenvalue weighted by atomic mass is 10.3. The first-order valence-electron chi connectivity index (χ1n) is 4.26. The SMILES string of the molecule is NC(/C=C(\O)C(F)(F)F)=Nc1ccccc1. The molecule has 0 fully saturated rings. The van der Waals surface area contributed by atoms with Crippen LogP contribution >= 0.6 is 0 Å². The predicted octanol–water partition coefficient (Wildman–Crippen LogP) is 2.68. The number of halogens is 3. The molecule has 3 N–H and O–H groups in total. The number of hydrogen-bond donors (Lipinski definition) is 2. The third-order valence-corrected chi connectivity index (χ3v) is 1.59. The number of nitrogens with two attached hydrogens (primary N) is 1.